The van der Waals surface area contributed by atoms with Crippen molar-refractivity contribution < 1.29 is 4.79 Å². The fraction of sp³-hybridized carbons (Fsp3) is 0.0714. The monoisotopic (exact) mass is 308 g/mol. The van der Waals surface area contributed by atoms with E-state index in [9.17, 15) is 4.79 Å². The van der Waals surface area contributed by atoms with E-state index in [2.05, 4.69) is 15.9 Å². The number of hydrogen-bond donors (Lipinski definition) is 0. The highest BCUT2D eigenvalue weighted by atomic mass is 79.9. The van der Waals surface area contributed by atoms with Gasteiger partial charge in [0.1, 0.15) is 0 Å². The lowest BCUT2D eigenvalue weighted by Gasteiger charge is -2.04. The Balaban J connectivity index is 2.40. The lowest BCUT2D eigenvalue weighted by atomic mass is 10.0. The molecule has 0 saturated carbocycles. The number of carbonyl (C=O) groups is 1. The van der Waals surface area contributed by atoms with Crippen LogP contribution in [0.1, 0.15) is 21.5 Å². The van der Waals surface area contributed by atoms with Crippen LogP contribution in [-0.2, 0) is 0 Å². The molecule has 3 heteroatoms. The molecule has 0 heterocycles. The van der Waals surface area contributed by atoms with Crippen LogP contribution in [-0.4, -0.2) is 5.78 Å². The first-order valence-electron chi connectivity index (χ1n) is 5.14. The van der Waals surface area contributed by atoms with Crippen molar-refractivity contribution >= 4 is 33.3 Å². The standard InChI is InChI=1S/C14H10BrClO/c1-9-2-4-10(5-3-9)14(17)12-7-6-11(15)8-13(12)16/h2-8H,1H3. The molecule has 0 fully saturated rings. The van der Waals surface area contributed by atoms with Gasteiger partial charge in [-0.15, -0.1) is 0 Å². The van der Waals surface area contributed by atoms with Gasteiger partial charge in [-0.25, -0.2) is 0 Å². The van der Waals surface area contributed by atoms with E-state index in [1.165, 1.54) is 0 Å². The summed E-state index contributed by atoms with van der Waals surface area (Å²) in [5.74, 6) is -0.0532. The first-order valence-corrected chi connectivity index (χ1v) is 6.31. The molecule has 0 atom stereocenters. The van der Waals surface area contributed by atoms with Crippen LogP contribution in [0.4, 0.5) is 0 Å². The summed E-state index contributed by atoms with van der Waals surface area (Å²) >= 11 is 9.37. The van der Waals surface area contributed by atoms with Gasteiger partial charge in [0.15, 0.2) is 5.78 Å². The summed E-state index contributed by atoms with van der Waals surface area (Å²) in [6, 6.07) is 12.7. The lowest BCUT2D eigenvalue weighted by molar-refractivity contribution is 0.103. The Morgan fingerprint density at radius 2 is 1.76 bits per heavy atom. The van der Waals surface area contributed by atoms with Crippen LogP contribution in [0.2, 0.25) is 5.02 Å². The number of rotatable bonds is 2. The molecule has 0 radical (unpaired) electrons. The molecule has 0 spiro atoms. The van der Waals surface area contributed by atoms with Gasteiger partial charge in [0.25, 0.3) is 0 Å². The van der Waals surface area contributed by atoms with Crippen molar-refractivity contribution in [1.82, 2.24) is 0 Å². The van der Waals surface area contributed by atoms with Crippen LogP contribution in [0.15, 0.2) is 46.9 Å². The van der Waals surface area contributed by atoms with Crippen LogP contribution in [0.5, 0.6) is 0 Å². The number of hydrogen-bond acceptors (Lipinski definition) is 1. The highest BCUT2D eigenvalue weighted by molar-refractivity contribution is 9.10. The minimum absolute atomic E-state index is 0.0532. The third-order valence-electron chi connectivity index (χ3n) is 2.49. The third-order valence-corrected chi connectivity index (χ3v) is 3.30. The highest BCUT2D eigenvalue weighted by Crippen LogP contribution is 2.23. The SMILES string of the molecule is Cc1ccc(C(=O)c2ccc(Br)cc2Cl)cc1. The molecule has 0 aliphatic carbocycles. The lowest BCUT2D eigenvalue weighted by Crippen LogP contribution is -2.01. The molecular formula is C14H10BrClO. The average Bonchev–Trinajstić information content (AvgIpc) is 2.29. The topological polar surface area (TPSA) is 17.1 Å². The van der Waals surface area contributed by atoms with E-state index in [1.54, 1.807) is 12.1 Å². The zero-order valence-electron chi connectivity index (χ0n) is 9.21. The summed E-state index contributed by atoms with van der Waals surface area (Å²) in [6.07, 6.45) is 0. The van der Waals surface area contributed by atoms with Gasteiger partial charge in [-0.3, -0.25) is 4.79 Å². The first-order chi connectivity index (χ1) is 8.08. The van der Waals surface area contributed by atoms with Gasteiger partial charge in [-0.05, 0) is 25.1 Å². The minimum atomic E-state index is -0.0532. The molecule has 2 rings (SSSR count). The number of benzene rings is 2. The molecule has 2 aromatic rings. The molecular weight excluding hydrogens is 300 g/mol. The number of carbonyl (C=O) groups excluding carboxylic acids is 1. The molecule has 2 aromatic carbocycles. The largest absolute Gasteiger partial charge is 0.289 e. The van der Waals surface area contributed by atoms with Crippen molar-refractivity contribution in [3.05, 3.63) is 68.7 Å². The molecule has 0 N–H and O–H groups in total. The fourth-order valence-corrected chi connectivity index (χ4v) is 2.29. The van der Waals surface area contributed by atoms with E-state index >= 15 is 0 Å². The Hall–Kier alpha value is -1.12. The van der Waals surface area contributed by atoms with Crippen molar-refractivity contribution in [3.63, 3.8) is 0 Å². The quantitative estimate of drug-likeness (QED) is 0.738. The Kier molecular flexibility index (Phi) is 3.65. The zero-order valence-corrected chi connectivity index (χ0v) is 11.5. The van der Waals surface area contributed by atoms with Crippen LogP contribution < -0.4 is 0 Å². The van der Waals surface area contributed by atoms with Crippen LogP contribution in [0.25, 0.3) is 0 Å². The van der Waals surface area contributed by atoms with Gasteiger partial charge < -0.3 is 0 Å². The Labute approximate surface area is 114 Å². The van der Waals surface area contributed by atoms with Gasteiger partial charge in [-0.1, -0.05) is 57.4 Å². The summed E-state index contributed by atoms with van der Waals surface area (Å²) < 4.78 is 0.864. The third kappa shape index (κ3) is 2.76. The van der Waals surface area contributed by atoms with Gasteiger partial charge in [0.2, 0.25) is 0 Å². The maximum atomic E-state index is 12.2. The predicted octanol–water partition coefficient (Wildman–Crippen LogP) is 4.64. The van der Waals surface area contributed by atoms with Crippen molar-refractivity contribution in [3.8, 4) is 0 Å². The average molecular weight is 310 g/mol. The second-order valence-corrected chi connectivity index (χ2v) is 5.14. The summed E-state index contributed by atoms with van der Waals surface area (Å²) in [4.78, 5) is 12.2. The van der Waals surface area contributed by atoms with Gasteiger partial charge in [0.05, 0.1) is 5.02 Å². The fourth-order valence-electron chi connectivity index (χ4n) is 1.53. The zero-order chi connectivity index (χ0) is 12.4. The van der Waals surface area contributed by atoms with Crippen molar-refractivity contribution in [2.75, 3.05) is 0 Å². The van der Waals surface area contributed by atoms with Crippen molar-refractivity contribution in [1.29, 1.82) is 0 Å². The van der Waals surface area contributed by atoms with E-state index < -0.39 is 0 Å². The Morgan fingerprint density at radius 3 is 2.35 bits per heavy atom. The molecule has 0 unspecified atom stereocenters. The first kappa shape index (κ1) is 12.3. The summed E-state index contributed by atoms with van der Waals surface area (Å²) in [6.45, 7) is 1.99. The maximum Gasteiger partial charge on any atom is 0.194 e. The van der Waals surface area contributed by atoms with Crippen LogP contribution in [0, 0.1) is 6.92 Å². The molecule has 0 aliphatic rings. The van der Waals surface area contributed by atoms with Gasteiger partial charge in [-0.2, -0.15) is 0 Å². The molecule has 17 heavy (non-hydrogen) atoms. The van der Waals surface area contributed by atoms with Crippen LogP contribution >= 0.6 is 27.5 Å². The van der Waals surface area contributed by atoms with E-state index in [0.717, 1.165) is 10.0 Å². The smallest absolute Gasteiger partial charge is 0.194 e. The summed E-state index contributed by atoms with van der Waals surface area (Å²) in [5.41, 5.74) is 2.31. The van der Waals surface area contributed by atoms with Crippen molar-refractivity contribution in [2.24, 2.45) is 0 Å². The molecule has 1 nitrogen and oxygen atoms in total. The van der Waals surface area contributed by atoms with Crippen LogP contribution in [0.3, 0.4) is 0 Å². The molecule has 0 aromatic heterocycles. The Morgan fingerprint density at radius 1 is 1.12 bits per heavy atom. The normalized spacial score (nSPS) is 10.3. The minimum Gasteiger partial charge on any atom is -0.289 e. The molecule has 0 saturated heterocycles. The second kappa shape index (κ2) is 5.03. The number of ketones is 1. The summed E-state index contributed by atoms with van der Waals surface area (Å²) in [5, 5.41) is 0.463. The molecule has 86 valence electrons. The molecule has 0 amide bonds. The highest BCUT2D eigenvalue weighted by Gasteiger charge is 2.12. The van der Waals surface area contributed by atoms with E-state index in [1.807, 2.05) is 37.3 Å². The number of aryl methyl sites for hydroxylation is 1. The van der Waals surface area contributed by atoms with E-state index in [4.69, 9.17) is 11.6 Å². The maximum absolute atomic E-state index is 12.2. The van der Waals surface area contributed by atoms with Gasteiger partial charge >= 0.3 is 0 Å². The second-order valence-electron chi connectivity index (χ2n) is 3.82. The molecule has 0 aliphatic heterocycles. The molecule has 0 bridgehead atoms. The van der Waals surface area contributed by atoms with E-state index in [-0.39, 0.29) is 5.78 Å². The van der Waals surface area contributed by atoms with Crippen molar-refractivity contribution in [2.45, 2.75) is 6.92 Å². The Bertz CT molecular complexity index is 561. The predicted molar refractivity (Wildman–Crippen MR) is 73.8 cm³/mol. The summed E-state index contributed by atoms with van der Waals surface area (Å²) in [7, 11) is 0. The van der Waals surface area contributed by atoms with Gasteiger partial charge in [0, 0.05) is 15.6 Å². The number of halogens is 2. The van der Waals surface area contributed by atoms with E-state index in [0.29, 0.717) is 16.1 Å².